The van der Waals surface area contributed by atoms with Gasteiger partial charge in [-0.25, -0.2) is 0 Å². The molecule has 0 saturated carbocycles. The molecule has 138 valence electrons. The van der Waals surface area contributed by atoms with E-state index in [1.165, 1.54) is 0 Å². The van der Waals surface area contributed by atoms with Crippen LogP contribution in [-0.4, -0.2) is 36.3 Å². The van der Waals surface area contributed by atoms with Crippen molar-refractivity contribution >= 4 is 45.0 Å². The van der Waals surface area contributed by atoms with Crippen molar-refractivity contribution < 1.29 is 9.59 Å². The van der Waals surface area contributed by atoms with Crippen molar-refractivity contribution in [3.05, 3.63) is 63.6 Å². The maximum absolute atomic E-state index is 12.3. The Bertz CT molecular complexity index is 785. The highest BCUT2D eigenvalue weighted by Crippen LogP contribution is 2.21. The summed E-state index contributed by atoms with van der Waals surface area (Å²) in [6.45, 7) is 2.20. The van der Waals surface area contributed by atoms with E-state index in [1.807, 2.05) is 42.5 Å². The van der Waals surface area contributed by atoms with E-state index in [2.05, 4.69) is 26.6 Å². The molecule has 2 N–H and O–H groups in total. The van der Waals surface area contributed by atoms with Gasteiger partial charge in [-0.1, -0.05) is 41.9 Å². The van der Waals surface area contributed by atoms with Crippen LogP contribution in [0, 0.1) is 0 Å². The monoisotopic (exact) mass is 437 g/mol. The van der Waals surface area contributed by atoms with Crippen LogP contribution in [0.4, 0.5) is 5.69 Å². The summed E-state index contributed by atoms with van der Waals surface area (Å²) in [6, 6.07) is 14.3. The van der Waals surface area contributed by atoms with Crippen molar-refractivity contribution in [3.63, 3.8) is 0 Å². The van der Waals surface area contributed by atoms with E-state index < -0.39 is 6.04 Å². The number of para-hydroxylation sites is 1. The number of nitrogens with one attached hydrogen (secondary N) is 2. The minimum atomic E-state index is -0.456. The molecule has 1 unspecified atom stereocenters. The Hall–Kier alpha value is -1.89. The van der Waals surface area contributed by atoms with E-state index in [1.54, 1.807) is 24.9 Å². The van der Waals surface area contributed by atoms with E-state index in [4.69, 9.17) is 11.6 Å². The second kappa shape index (κ2) is 9.71. The zero-order valence-corrected chi connectivity index (χ0v) is 17.0. The van der Waals surface area contributed by atoms with Crippen molar-refractivity contribution in [1.29, 1.82) is 0 Å². The summed E-state index contributed by atoms with van der Waals surface area (Å²) < 4.78 is 0.807. The van der Waals surface area contributed by atoms with Gasteiger partial charge in [0.15, 0.2) is 0 Å². The highest BCUT2D eigenvalue weighted by atomic mass is 79.9. The van der Waals surface area contributed by atoms with Crippen molar-refractivity contribution in [2.45, 2.75) is 19.5 Å². The maximum atomic E-state index is 12.3. The first kappa shape index (κ1) is 20.4. The summed E-state index contributed by atoms with van der Waals surface area (Å²) in [5, 5.41) is 6.28. The number of hydrogen-bond acceptors (Lipinski definition) is 3. The Labute approximate surface area is 166 Å². The first-order chi connectivity index (χ1) is 12.4. The molecule has 0 saturated heterocycles. The lowest BCUT2D eigenvalue weighted by Crippen LogP contribution is -2.45. The molecule has 0 fully saturated rings. The number of halogens is 2. The molecule has 0 heterocycles. The molecule has 0 aliphatic carbocycles. The fourth-order valence-corrected chi connectivity index (χ4v) is 2.87. The van der Waals surface area contributed by atoms with Crippen LogP contribution in [0.3, 0.4) is 0 Å². The van der Waals surface area contributed by atoms with Crippen molar-refractivity contribution in [3.8, 4) is 0 Å². The Morgan fingerprint density at radius 3 is 2.50 bits per heavy atom. The van der Waals surface area contributed by atoms with E-state index in [-0.39, 0.29) is 18.4 Å². The van der Waals surface area contributed by atoms with Gasteiger partial charge in [-0.05, 0) is 53.7 Å². The average molecular weight is 439 g/mol. The van der Waals surface area contributed by atoms with E-state index in [0.717, 1.165) is 10.0 Å². The molecule has 0 aliphatic heterocycles. The molecule has 1 atom stereocenters. The Balaban J connectivity index is 1.85. The van der Waals surface area contributed by atoms with Gasteiger partial charge in [-0.2, -0.15) is 0 Å². The summed E-state index contributed by atoms with van der Waals surface area (Å²) >= 11 is 9.48. The number of rotatable bonds is 7. The number of amides is 2. The lowest BCUT2D eigenvalue weighted by molar-refractivity contribution is -0.126. The Morgan fingerprint density at radius 1 is 1.15 bits per heavy atom. The molecule has 0 aliphatic rings. The fraction of sp³-hybridized carbons (Fsp3) is 0.263. The largest absolute Gasteiger partial charge is 0.351 e. The van der Waals surface area contributed by atoms with Crippen molar-refractivity contribution in [2.24, 2.45) is 0 Å². The minimum Gasteiger partial charge on any atom is -0.351 e. The van der Waals surface area contributed by atoms with E-state index in [9.17, 15) is 9.59 Å². The van der Waals surface area contributed by atoms with Crippen molar-refractivity contribution in [1.82, 2.24) is 10.2 Å². The van der Waals surface area contributed by atoms with Gasteiger partial charge in [0.2, 0.25) is 11.8 Å². The topological polar surface area (TPSA) is 61.4 Å². The molecule has 2 rings (SSSR count). The molecular weight excluding hydrogens is 418 g/mol. The van der Waals surface area contributed by atoms with E-state index in [0.29, 0.717) is 17.3 Å². The van der Waals surface area contributed by atoms with Crippen LogP contribution in [0.2, 0.25) is 5.02 Å². The smallest absolute Gasteiger partial charge is 0.238 e. The molecule has 5 nitrogen and oxygen atoms in total. The standard InChI is InChI=1S/C19H21BrClN3O2/c1-13(19(26)22-11-14-7-3-5-9-16(14)21)24(2)12-18(25)23-17-10-6-4-8-15(17)20/h3-10,13H,11-12H2,1-2H3,(H,22,26)(H,23,25). The highest BCUT2D eigenvalue weighted by molar-refractivity contribution is 9.10. The summed E-state index contributed by atoms with van der Waals surface area (Å²) in [6.07, 6.45) is 0. The summed E-state index contributed by atoms with van der Waals surface area (Å²) in [5.41, 5.74) is 1.55. The average Bonchev–Trinajstić information content (AvgIpc) is 2.62. The molecule has 26 heavy (non-hydrogen) atoms. The van der Waals surface area contributed by atoms with Crippen molar-refractivity contribution in [2.75, 3.05) is 18.9 Å². The van der Waals surface area contributed by atoms with Gasteiger partial charge in [-0.15, -0.1) is 0 Å². The van der Waals surface area contributed by atoms with Gasteiger partial charge < -0.3 is 10.6 Å². The second-order valence-corrected chi connectivity index (χ2v) is 7.19. The lowest BCUT2D eigenvalue weighted by atomic mass is 10.2. The molecule has 0 bridgehead atoms. The third-order valence-corrected chi connectivity index (χ3v) is 5.05. The number of likely N-dealkylation sites (N-methyl/N-ethyl adjacent to an activating group) is 1. The number of hydrogen-bond donors (Lipinski definition) is 2. The zero-order chi connectivity index (χ0) is 19.1. The van der Waals surface area contributed by atoms with Crippen LogP contribution in [0.5, 0.6) is 0 Å². The normalized spacial score (nSPS) is 11.9. The maximum Gasteiger partial charge on any atom is 0.238 e. The third-order valence-electron chi connectivity index (χ3n) is 3.99. The quantitative estimate of drug-likeness (QED) is 0.693. The zero-order valence-electron chi connectivity index (χ0n) is 14.6. The Morgan fingerprint density at radius 2 is 1.81 bits per heavy atom. The molecular formula is C19H21BrClN3O2. The molecule has 2 aromatic carbocycles. The fourth-order valence-electron chi connectivity index (χ4n) is 2.29. The van der Waals surface area contributed by atoms with Crippen LogP contribution in [0.15, 0.2) is 53.0 Å². The van der Waals surface area contributed by atoms with Gasteiger partial charge >= 0.3 is 0 Å². The van der Waals surface area contributed by atoms with Gasteiger partial charge in [0.1, 0.15) is 0 Å². The van der Waals surface area contributed by atoms with Crippen LogP contribution in [0.25, 0.3) is 0 Å². The first-order valence-corrected chi connectivity index (χ1v) is 9.31. The number of nitrogens with zero attached hydrogens (tertiary/aromatic N) is 1. The predicted molar refractivity (Wildman–Crippen MR) is 108 cm³/mol. The second-order valence-electron chi connectivity index (χ2n) is 5.93. The highest BCUT2D eigenvalue weighted by Gasteiger charge is 2.20. The van der Waals surface area contributed by atoms with Gasteiger partial charge in [0, 0.05) is 16.0 Å². The van der Waals surface area contributed by atoms with Gasteiger partial charge in [0.05, 0.1) is 18.3 Å². The molecule has 2 aromatic rings. The predicted octanol–water partition coefficient (Wildman–Crippen LogP) is 3.68. The molecule has 0 spiro atoms. The minimum absolute atomic E-state index is 0.0992. The van der Waals surface area contributed by atoms with Crippen LogP contribution in [-0.2, 0) is 16.1 Å². The third kappa shape index (κ3) is 5.83. The first-order valence-electron chi connectivity index (χ1n) is 8.14. The molecule has 2 amide bonds. The number of benzene rings is 2. The van der Waals surface area contributed by atoms with Gasteiger partial charge in [-0.3, -0.25) is 14.5 Å². The van der Waals surface area contributed by atoms with Crippen LogP contribution >= 0.6 is 27.5 Å². The van der Waals surface area contributed by atoms with Crippen LogP contribution < -0.4 is 10.6 Å². The van der Waals surface area contributed by atoms with Crippen LogP contribution in [0.1, 0.15) is 12.5 Å². The number of anilines is 1. The molecule has 0 aromatic heterocycles. The summed E-state index contributed by atoms with van der Waals surface area (Å²) in [7, 11) is 1.74. The molecule has 7 heteroatoms. The molecule has 0 radical (unpaired) electrons. The Kier molecular flexibility index (Phi) is 7.63. The summed E-state index contributed by atoms with van der Waals surface area (Å²) in [5.74, 6) is -0.355. The number of carbonyl (C=O) groups excluding carboxylic acids is 2. The van der Waals surface area contributed by atoms with Gasteiger partial charge in [0.25, 0.3) is 0 Å². The van der Waals surface area contributed by atoms with E-state index >= 15 is 0 Å². The summed E-state index contributed by atoms with van der Waals surface area (Å²) in [4.78, 5) is 26.2. The number of carbonyl (C=O) groups is 2. The SMILES string of the molecule is CC(C(=O)NCc1ccccc1Cl)N(C)CC(=O)Nc1ccccc1Br. The lowest BCUT2D eigenvalue weighted by Gasteiger charge is -2.23.